The van der Waals surface area contributed by atoms with E-state index < -0.39 is 5.97 Å². The van der Waals surface area contributed by atoms with Gasteiger partial charge in [0.05, 0.1) is 0 Å². The summed E-state index contributed by atoms with van der Waals surface area (Å²) in [6, 6.07) is 12.0. The van der Waals surface area contributed by atoms with E-state index in [1.54, 1.807) is 0 Å². The highest BCUT2D eigenvalue weighted by Gasteiger charge is 2.05. The number of aryl methyl sites for hydroxylation is 1. The lowest BCUT2D eigenvalue weighted by Crippen LogP contribution is -1.98. The maximum atomic E-state index is 10.6. The van der Waals surface area contributed by atoms with Crippen molar-refractivity contribution in [1.82, 2.24) is 0 Å². The van der Waals surface area contributed by atoms with Gasteiger partial charge in [-0.3, -0.25) is 4.79 Å². The lowest BCUT2D eigenvalue weighted by molar-refractivity contribution is -0.136. The van der Waals surface area contributed by atoms with Crippen LogP contribution in [0, 0.1) is 0 Å². The summed E-state index contributed by atoms with van der Waals surface area (Å²) in [6.07, 6.45) is 0.745. The van der Waals surface area contributed by atoms with Crippen molar-refractivity contribution in [1.29, 1.82) is 0 Å². The Morgan fingerprint density at radius 3 is 2.50 bits per heavy atom. The molecule has 0 saturated heterocycles. The summed E-state index contributed by atoms with van der Waals surface area (Å²) in [5.41, 5.74) is 1.08. The molecule has 2 rings (SSSR count). The van der Waals surface area contributed by atoms with Crippen LogP contribution in [0.1, 0.15) is 12.0 Å². The quantitative estimate of drug-likeness (QED) is 0.931. The molecule has 0 amide bonds. The van der Waals surface area contributed by atoms with E-state index in [1.165, 1.54) is 0 Å². The molecule has 0 atom stereocenters. The minimum absolute atomic E-state index is 0.172. The number of carboxylic acids is 1. The molecule has 0 aliphatic rings. The second kappa shape index (κ2) is 4.66. The standard InChI is InChI=1S/C13H11BrO2/c14-12-7-5-9(6-8-13(15)16)10-3-1-2-4-11(10)12/h1-5,7H,6,8H2,(H,15,16). The van der Waals surface area contributed by atoms with E-state index in [2.05, 4.69) is 15.9 Å². The second-order valence-electron chi connectivity index (χ2n) is 3.65. The molecule has 0 spiro atoms. The molecule has 0 aliphatic carbocycles. The van der Waals surface area contributed by atoms with Crippen LogP contribution in [-0.2, 0) is 11.2 Å². The van der Waals surface area contributed by atoms with Gasteiger partial charge in [0.2, 0.25) is 0 Å². The Morgan fingerprint density at radius 2 is 1.81 bits per heavy atom. The lowest BCUT2D eigenvalue weighted by atomic mass is 10.0. The molecule has 0 bridgehead atoms. The summed E-state index contributed by atoms with van der Waals surface area (Å²) in [7, 11) is 0. The van der Waals surface area contributed by atoms with Crippen molar-refractivity contribution in [3.05, 3.63) is 46.4 Å². The Labute approximate surface area is 102 Å². The first kappa shape index (κ1) is 11.1. The van der Waals surface area contributed by atoms with E-state index >= 15 is 0 Å². The van der Waals surface area contributed by atoms with Gasteiger partial charge < -0.3 is 5.11 Å². The fourth-order valence-corrected chi connectivity index (χ4v) is 2.26. The number of fused-ring (bicyclic) bond motifs is 1. The van der Waals surface area contributed by atoms with Crippen LogP contribution in [0.4, 0.5) is 0 Å². The van der Waals surface area contributed by atoms with Crippen molar-refractivity contribution >= 4 is 32.7 Å². The zero-order chi connectivity index (χ0) is 11.5. The van der Waals surface area contributed by atoms with Gasteiger partial charge in [0.25, 0.3) is 0 Å². The molecule has 0 saturated carbocycles. The van der Waals surface area contributed by atoms with Crippen LogP contribution in [-0.4, -0.2) is 11.1 Å². The Balaban J connectivity index is 2.46. The Kier molecular flexibility index (Phi) is 3.25. The average molecular weight is 279 g/mol. The normalized spacial score (nSPS) is 10.6. The van der Waals surface area contributed by atoms with E-state index in [0.29, 0.717) is 6.42 Å². The SMILES string of the molecule is O=C(O)CCc1ccc(Br)c2ccccc12. The molecule has 0 aliphatic heterocycles. The van der Waals surface area contributed by atoms with Crippen LogP contribution < -0.4 is 0 Å². The third kappa shape index (κ3) is 2.25. The molecule has 0 fully saturated rings. The van der Waals surface area contributed by atoms with Gasteiger partial charge >= 0.3 is 5.97 Å². The number of aliphatic carboxylic acids is 1. The molecular formula is C13H11BrO2. The number of carbonyl (C=O) groups is 1. The van der Waals surface area contributed by atoms with Gasteiger partial charge in [-0.25, -0.2) is 0 Å². The van der Waals surface area contributed by atoms with Crippen LogP contribution in [0.15, 0.2) is 40.9 Å². The van der Waals surface area contributed by atoms with Crippen molar-refractivity contribution in [3.63, 3.8) is 0 Å². The highest BCUT2D eigenvalue weighted by atomic mass is 79.9. The van der Waals surface area contributed by atoms with Crippen LogP contribution in [0.5, 0.6) is 0 Å². The number of rotatable bonds is 3. The summed E-state index contributed by atoms with van der Waals surface area (Å²) in [6.45, 7) is 0. The Morgan fingerprint density at radius 1 is 1.12 bits per heavy atom. The van der Waals surface area contributed by atoms with E-state index in [0.717, 1.165) is 20.8 Å². The maximum Gasteiger partial charge on any atom is 0.303 e. The predicted molar refractivity (Wildman–Crippen MR) is 67.6 cm³/mol. The van der Waals surface area contributed by atoms with Gasteiger partial charge in [0.1, 0.15) is 0 Å². The minimum atomic E-state index is -0.757. The van der Waals surface area contributed by atoms with Gasteiger partial charge in [-0.15, -0.1) is 0 Å². The van der Waals surface area contributed by atoms with Gasteiger partial charge in [0, 0.05) is 10.9 Å². The summed E-state index contributed by atoms with van der Waals surface area (Å²) in [4.78, 5) is 10.6. The highest BCUT2D eigenvalue weighted by Crippen LogP contribution is 2.27. The zero-order valence-electron chi connectivity index (χ0n) is 8.61. The molecule has 0 radical (unpaired) electrons. The van der Waals surface area contributed by atoms with Crippen molar-refractivity contribution < 1.29 is 9.90 Å². The Bertz CT molecular complexity index is 534. The second-order valence-corrected chi connectivity index (χ2v) is 4.50. The van der Waals surface area contributed by atoms with E-state index in [9.17, 15) is 4.79 Å². The number of hydrogen-bond acceptors (Lipinski definition) is 1. The molecule has 82 valence electrons. The van der Waals surface area contributed by atoms with Crippen molar-refractivity contribution in [2.24, 2.45) is 0 Å². The van der Waals surface area contributed by atoms with Crippen LogP contribution in [0.3, 0.4) is 0 Å². The highest BCUT2D eigenvalue weighted by molar-refractivity contribution is 9.10. The number of carboxylic acid groups (broad SMARTS) is 1. The van der Waals surface area contributed by atoms with Crippen LogP contribution in [0.25, 0.3) is 10.8 Å². The van der Waals surface area contributed by atoms with Gasteiger partial charge in [-0.05, 0) is 28.8 Å². The fraction of sp³-hybridized carbons (Fsp3) is 0.154. The average Bonchev–Trinajstić information content (AvgIpc) is 2.28. The van der Waals surface area contributed by atoms with Crippen molar-refractivity contribution in [3.8, 4) is 0 Å². The molecule has 2 nitrogen and oxygen atoms in total. The van der Waals surface area contributed by atoms with Gasteiger partial charge in [-0.2, -0.15) is 0 Å². The molecule has 2 aromatic rings. The third-order valence-corrected chi connectivity index (χ3v) is 3.26. The molecule has 0 aromatic heterocycles. The summed E-state index contributed by atoms with van der Waals surface area (Å²) >= 11 is 3.49. The first-order valence-electron chi connectivity index (χ1n) is 5.06. The van der Waals surface area contributed by atoms with Crippen molar-refractivity contribution in [2.45, 2.75) is 12.8 Å². The number of halogens is 1. The molecule has 3 heteroatoms. The molecule has 1 N–H and O–H groups in total. The first-order chi connectivity index (χ1) is 7.68. The van der Waals surface area contributed by atoms with Gasteiger partial charge in [0.15, 0.2) is 0 Å². The molecule has 16 heavy (non-hydrogen) atoms. The lowest BCUT2D eigenvalue weighted by Gasteiger charge is -2.06. The number of benzene rings is 2. The number of hydrogen-bond donors (Lipinski definition) is 1. The topological polar surface area (TPSA) is 37.3 Å². The van der Waals surface area contributed by atoms with Crippen LogP contribution >= 0.6 is 15.9 Å². The van der Waals surface area contributed by atoms with E-state index in [-0.39, 0.29) is 6.42 Å². The molecule has 0 heterocycles. The summed E-state index contributed by atoms with van der Waals surface area (Å²) in [5.74, 6) is -0.757. The van der Waals surface area contributed by atoms with Crippen LogP contribution in [0.2, 0.25) is 0 Å². The molecule has 0 unspecified atom stereocenters. The largest absolute Gasteiger partial charge is 0.481 e. The predicted octanol–water partition coefficient (Wildman–Crippen LogP) is 3.62. The molecule has 2 aromatic carbocycles. The van der Waals surface area contributed by atoms with Crippen molar-refractivity contribution in [2.75, 3.05) is 0 Å². The van der Waals surface area contributed by atoms with Gasteiger partial charge in [-0.1, -0.05) is 46.3 Å². The van der Waals surface area contributed by atoms with E-state index in [1.807, 2.05) is 36.4 Å². The Hall–Kier alpha value is -1.35. The monoisotopic (exact) mass is 278 g/mol. The fourth-order valence-electron chi connectivity index (χ4n) is 1.78. The smallest absolute Gasteiger partial charge is 0.303 e. The summed E-state index contributed by atoms with van der Waals surface area (Å²) < 4.78 is 1.04. The minimum Gasteiger partial charge on any atom is -0.481 e. The summed E-state index contributed by atoms with van der Waals surface area (Å²) in [5, 5.41) is 10.9. The third-order valence-electron chi connectivity index (χ3n) is 2.57. The zero-order valence-corrected chi connectivity index (χ0v) is 10.2. The van der Waals surface area contributed by atoms with E-state index in [4.69, 9.17) is 5.11 Å². The maximum absolute atomic E-state index is 10.6. The molecular weight excluding hydrogens is 268 g/mol. The first-order valence-corrected chi connectivity index (χ1v) is 5.85.